The highest BCUT2D eigenvalue weighted by atomic mass is 127. The third-order valence-electron chi connectivity index (χ3n) is 5.30. The molecule has 1 atom stereocenters. The normalized spacial score (nSPS) is 21.5. The molecule has 158 valence electrons. The Kier molecular flexibility index (Phi) is 10.4. The van der Waals surface area contributed by atoms with Gasteiger partial charge in [0.25, 0.3) is 0 Å². The van der Waals surface area contributed by atoms with Crippen molar-refractivity contribution >= 4 is 41.7 Å². The Morgan fingerprint density at radius 3 is 2.71 bits per heavy atom. The molecule has 1 aromatic rings. The lowest BCUT2D eigenvalue weighted by atomic mass is 10.1. The molecule has 2 aliphatic heterocycles. The van der Waals surface area contributed by atoms with E-state index in [0.717, 1.165) is 58.4 Å². The fourth-order valence-electron chi connectivity index (χ4n) is 3.64. The summed E-state index contributed by atoms with van der Waals surface area (Å²) < 4.78 is 5.45. The number of rotatable bonds is 5. The molecule has 3 rings (SSSR count). The number of nitrogens with zero attached hydrogens (tertiary/aromatic N) is 3. The van der Waals surface area contributed by atoms with Crippen molar-refractivity contribution < 1.29 is 4.74 Å². The second kappa shape index (κ2) is 12.2. The van der Waals surface area contributed by atoms with Gasteiger partial charge in [0, 0.05) is 57.3 Å². The molecular formula is C21H35IN4OS. The smallest absolute Gasteiger partial charge is 0.193 e. The van der Waals surface area contributed by atoms with Gasteiger partial charge in [-0.1, -0.05) is 38.1 Å². The molecule has 0 aliphatic carbocycles. The molecule has 1 unspecified atom stereocenters. The summed E-state index contributed by atoms with van der Waals surface area (Å²) in [7, 11) is 1.89. The van der Waals surface area contributed by atoms with Crippen LogP contribution in [-0.2, 0) is 17.8 Å². The standard InChI is InChI=1S/C21H34N4OS.HI/c1-17(2)20-16-25(9-12-27-20)21(22-3)23-14-18-5-4-6-19(13-18)15-24-7-10-26-11-8-24;/h4-6,13,17,20H,7-12,14-16H2,1-3H3,(H,22,23);1H. The molecule has 0 amide bonds. The van der Waals surface area contributed by atoms with E-state index in [9.17, 15) is 0 Å². The summed E-state index contributed by atoms with van der Waals surface area (Å²) in [5.41, 5.74) is 2.69. The Balaban J connectivity index is 0.00000280. The minimum Gasteiger partial charge on any atom is -0.379 e. The van der Waals surface area contributed by atoms with Crippen molar-refractivity contribution in [1.82, 2.24) is 15.1 Å². The Morgan fingerprint density at radius 2 is 2.00 bits per heavy atom. The second-order valence-electron chi connectivity index (χ2n) is 7.71. The number of guanidine groups is 1. The molecular weight excluding hydrogens is 483 g/mol. The maximum atomic E-state index is 5.45. The van der Waals surface area contributed by atoms with Crippen LogP contribution in [0.25, 0.3) is 0 Å². The molecule has 2 heterocycles. The SMILES string of the molecule is CN=C(NCc1cccc(CN2CCOCC2)c1)N1CCSC(C(C)C)C1.I. The predicted molar refractivity (Wildman–Crippen MR) is 131 cm³/mol. The lowest BCUT2D eigenvalue weighted by molar-refractivity contribution is 0.0342. The Morgan fingerprint density at radius 1 is 1.25 bits per heavy atom. The monoisotopic (exact) mass is 518 g/mol. The molecule has 0 spiro atoms. The molecule has 5 nitrogen and oxygen atoms in total. The fraction of sp³-hybridized carbons (Fsp3) is 0.667. The molecule has 7 heteroatoms. The van der Waals surface area contributed by atoms with E-state index in [1.165, 1.54) is 16.9 Å². The number of ether oxygens (including phenoxy) is 1. The summed E-state index contributed by atoms with van der Waals surface area (Å²) in [6, 6.07) is 8.91. The highest BCUT2D eigenvalue weighted by molar-refractivity contribution is 14.0. The van der Waals surface area contributed by atoms with Crippen LogP contribution in [-0.4, -0.2) is 73.2 Å². The number of aliphatic imine (C=N–C) groups is 1. The highest BCUT2D eigenvalue weighted by Crippen LogP contribution is 2.24. The van der Waals surface area contributed by atoms with Crippen molar-refractivity contribution in [3.63, 3.8) is 0 Å². The van der Waals surface area contributed by atoms with Gasteiger partial charge in [0.05, 0.1) is 13.2 Å². The maximum Gasteiger partial charge on any atom is 0.193 e. The van der Waals surface area contributed by atoms with E-state index in [-0.39, 0.29) is 24.0 Å². The average Bonchev–Trinajstić information content (AvgIpc) is 2.70. The number of halogens is 1. The third kappa shape index (κ3) is 7.07. The zero-order valence-corrected chi connectivity index (χ0v) is 20.5. The van der Waals surface area contributed by atoms with Crippen molar-refractivity contribution in [1.29, 1.82) is 0 Å². The van der Waals surface area contributed by atoms with Gasteiger partial charge in [0.2, 0.25) is 0 Å². The van der Waals surface area contributed by atoms with Crippen molar-refractivity contribution in [2.24, 2.45) is 10.9 Å². The van der Waals surface area contributed by atoms with Gasteiger partial charge in [-0.15, -0.1) is 24.0 Å². The Labute approximate surface area is 191 Å². The third-order valence-corrected chi connectivity index (χ3v) is 6.84. The van der Waals surface area contributed by atoms with Crippen LogP contribution in [0, 0.1) is 5.92 Å². The molecule has 2 fully saturated rings. The van der Waals surface area contributed by atoms with Crippen LogP contribution in [0.3, 0.4) is 0 Å². The molecule has 1 aromatic carbocycles. The van der Waals surface area contributed by atoms with E-state index >= 15 is 0 Å². The van der Waals surface area contributed by atoms with Crippen molar-refractivity contribution in [2.45, 2.75) is 32.2 Å². The summed E-state index contributed by atoms with van der Waals surface area (Å²) in [6.07, 6.45) is 0. The molecule has 2 saturated heterocycles. The van der Waals surface area contributed by atoms with E-state index in [1.807, 2.05) is 7.05 Å². The lowest BCUT2D eigenvalue weighted by Crippen LogP contribution is -2.48. The number of hydrogen-bond donors (Lipinski definition) is 1. The van der Waals surface area contributed by atoms with Crippen LogP contribution in [0.5, 0.6) is 0 Å². The largest absolute Gasteiger partial charge is 0.379 e. The van der Waals surface area contributed by atoms with Crippen LogP contribution in [0.1, 0.15) is 25.0 Å². The molecule has 0 aromatic heterocycles. The van der Waals surface area contributed by atoms with Crippen molar-refractivity contribution in [2.75, 3.05) is 52.2 Å². The summed E-state index contributed by atoms with van der Waals surface area (Å²) in [5, 5.41) is 4.27. The van der Waals surface area contributed by atoms with Crippen LogP contribution >= 0.6 is 35.7 Å². The molecule has 0 saturated carbocycles. The van der Waals surface area contributed by atoms with Crippen LogP contribution in [0.15, 0.2) is 29.3 Å². The van der Waals surface area contributed by atoms with E-state index in [4.69, 9.17) is 4.74 Å². The molecule has 0 radical (unpaired) electrons. The number of benzene rings is 1. The summed E-state index contributed by atoms with van der Waals surface area (Å²) >= 11 is 2.10. The van der Waals surface area contributed by atoms with E-state index < -0.39 is 0 Å². The summed E-state index contributed by atoms with van der Waals surface area (Å²) in [4.78, 5) is 9.42. The summed E-state index contributed by atoms with van der Waals surface area (Å²) in [5.74, 6) is 2.91. The van der Waals surface area contributed by atoms with Gasteiger partial charge < -0.3 is 15.0 Å². The highest BCUT2D eigenvalue weighted by Gasteiger charge is 2.24. The van der Waals surface area contributed by atoms with Crippen LogP contribution < -0.4 is 5.32 Å². The first-order valence-electron chi connectivity index (χ1n) is 10.1. The fourth-order valence-corrected chi connectivity index (χ4v) is 4.94. The van der Waals surface area contributed by atoms with E-state index in [2.05, 4.69) is 70.0 Å². The molecule has 1 N–H and O–H groups in total. The van der Waals surface area contributed by atoms with E-state index in [1.54, 1.807) is 0 Å². The molecule has 2 aliphatic rings. The number of hydrogen-bond acceptors (Lipinski definition) is 4. The first-order chi connectivity index (χ1) is 13.2. The maximum absolute atomic E-state index is 5.45. The van der Waals surface area contributed by atoms with Crippen molar-refractivity contribution in [3.05, 3.63) is 35.4 Å². The van der Waals surface area contributed by atoms with Gasteiger partial charge >= 0.3 is 0 Å². The minimum atomic E-state index is 0. The molecule has 28 heavy (non-hydrogen) atoms. The van der Waals surface area contributed by atoms with Gasteiger partial charge in [0.15, 0.2) is 5.96 Å². The number of nitrogens with one attached hydrogen (secondary N) is 1. The van der Waals surface area contributed by atoms with Crippen LogP contribution in [0.4, 0.5) is 0 Å². The number of morpholine rings is 1. The Hall–Kier alpha value is -0.510. The van der Waals surface area contributed by atoms with Gasteiger partial charge in [-0.25, -0.2) is 0 Å². The first-order valence-corrected chi connectivity index (χ1v) is 11.2. The first kappa shape index (κ1) is 23.8. The minimum absolute atomic E-state index is 0. The molecule has 0 bridgehead atoms. The predicted octanol–water partition coefficient (Wildman–Crippen LogP) is 3.29. The average molecular weight is 519 g/mol. The Bertz CT molecular complexity index is 622. The van der Waals surface area contributed by atoms with Gasteiger partial charge in [0.1, 0.15) is 0 Å². The topological polar surface area (TPSA) is 40.1 Å². The lowest BCUT2D eigenvalue weighted by Gasteiger charge is -2.36. The van der Waals surface area contributed by atoms with E-state index in [0.29, 0.717) is 11.2 Å². The second-order valence-corrected chi connectivity index (χ2v) is 9.06. The van der Waals surface area contributed by atoms with Gasteiger partial charge in [-0.05, 0) is 17.0 Å². The van der Waals surface area contributed by atoms with Gasteiger partial charge in [-0.2, -0.15) is 11.8 Å². The quantitative estimate of drug-likeness (QED) is 0.368. The van der Waals surface area contributed by atoms with Crippen LogP contribution in [0.2, 0.25) is 0 Å². The summed E-state index contributed by atoms with van der Waals surface area (Å²) in [6.45, 7) is 12.4. The number of thioether (sulfide) groups is 1. The zero-order chi connectivity index (χ0) is 19.1. The van der Waals surface area contributed by atoms with Crippen molar-refractivity contribution in [3.8, 4) is 0 Å². The van der Waals surface area contributed by atoms with Gasteiger partial charge in [-0.3, -0.25) is 9.89 Å². The zero-order valence-electron chi connectivity index (χ0n) is 17.4.